The molecule has 0 spiro atoms. The average Bonchev–Trinajstić information content (AvgIpc) is 1.90. The first kappa shape index (κ1) is 6.29. The number of rotatable bonds is 0. The second kappa shape index (κ2) is 4.09. The van der Waals surface area contributed by atoms with Crippen LogP contribution >= 0.6 is 0 Å². The van der Waals surface area contributed by atoms with Crippen molar-refractivity contribution < 1.29 is 0 Å². The summed E-state index contributed by atoms with van der Waals surface area (Å²) in [5.41, 5.74) is 0. The van der Waals surface area contributed by atoms with Crippen LogP contribution in [0.2, 0.25) is 5.32 Å². The molecule has 0 aromatic carbocycles. The molecular formula is C4H5Se3. The van der Waals surface area contributed by atoms with E-state index in [2.05, 4.69) is 17.1 Å². The van der Waals surface area contributed by atoms with Crippen LogP contribution in [0.15, 0.2) is 12.2 Å². The first-order valence-corrected chi connectivity index (χ1v) is 12.8. The van der Waals surface area contributed by atoms with Crippen molar-refractivity contribution in [3.8, 4) is 0 Å². The summed E-state index contributed by atoms with van der Waals surface area (Å²) in [7, 11) is 1.05. The van der Waals surface area contributed by atoms with Gasteiger partial charge in [0.2, 0.25) is 0 Å². The van der Waals surface area contributed by atoms with Crippen LogP contribution in [0.5, 0.6) is 0 Å². The van der Waals surface area contributed by atoms with Crippen LogP contribution in [0.1, 0.15) is 0 Å². The Bertz CT molecular complexity index is 109. The SMILES string of the molecule is C1=CC[Se]=[Se][Se]=C1. The van der Waals surface area contributed by atoms with E-state index in [0.717, 1.165) is 36.1 Å². The van der Waals surface area contributed by atoms with Gasteiger partial charge in [-0.25, -0.2) is 0 Å². The zero-order chi connectivity index (χ0) is 4.95. The van der Waals surface area contributed by atoms with Crippen LogP contribution in [-0.4, -0.2) is 41.0 Å². The first-order valence-electron chi connectivity index (χ1n) is 1.93. The minimum absolute atomic E-state index is 0.917. The molecular weight excluding hydrogens is 285 g/mol. The van der Waals surface area contributed by atoms with Crippen molar-refractivity contribution in [2.24, 2.45) is 0 Å². The maximum absolute atomic E-state index is 2.35. The van der Waals surface area contributed by atoms with Gasteiger partial charge in [0.15, 0.2) is 0 Å². The van der Waals surface area contributed by atoms with E-state index in [1.165, 1.54) is 5.32 Å². The molecule has 0 bridgehead atoms. The van der Waals surface area contributed by atoms with E-state index in [9.17, 15) is 0 Å². The molecule has 0 atom stereocenters. The second-order valence-corrected chi connectivity index (χ2v) is 17.3. The molecule has 0 amide bonds. The summed E-state index contributed by atoms with van der Waals surface area (Å²) < 4.78 is 0. The van der Waals surface area contributed by atoms with Crippen LogP contribution in [0.4, 0.5) is 0 Å². The molecule has 1 rings (SSSR count). The normalized spacial score (nSPS) is 17.1. The summed E-state index contributed by atoms with van der Waals surface area (Å²) in [6, 6.07) is 0. The summed E-state index contributed by atoms with van der Waals surface area (Å²) in [5, 5.41) is 1.39. The number of allylic oxidation sites excluding steroid dienone is 2. The summed E-state index contributed by atoms with van der Waals surface area (Å²) in [4.78, 5) is 2.35. The minimum atomic E-state index is 0.917. The Hall–Kier alpha value is 1.17. The zero-order valence-corrected chi connectivity index (χ0v) is 8.80. The number of hydrogen-bond acceptors (Lipinski definition) is 0. The molecule has 0 fully saturated rings. The zero-order valence-electron chi connectivity index (χ0n) is 3.66. The van der Waals surface area contributed by atoms with E-state index in [1.54, 1.807) is 0 Å². The van der Waals surface area contributed by atoms with Gasteiger partial charge in [-0.05, 0) is 0 Å². The average molecular weight is 290 g/mol. The van der Waals surface area contributed by atoms with Crippen molar-refractivity contribution in [1.82, 2.24) is 0 Å². The topological polar surface area (TPSA) is 0 Å². The summed E-state index contributed by atoms with van der Waals surface area (Å²) >= 11 is 1.93. The van der Waals surface area contributed by atoms with E-state index < -0.39 is 0 Å². The molecule has 0 aromatic heterocycles. The summed E-state index contributed by atoms with van der Waals surface area (Å²) in [6.45, 7) is 0. The van der Waals surface area contributed by atoms with Crippen molar-refractivity contribution in [2.45, 2.75) is 5.32 Å². The fourth-order valence-electron chi connectivity index (χ4n) is 0.261. The van der Waals surface area contributed by atoms with Gasteiger partial charge in [-0.3, -0.25) is 0 Å². The molecule has 1 aliphatic heterocycles. The van der Waals surface area contributed by atoms with E-state index in [-0.39, 0.29) is 0 Å². The quantitative estimate of drug-likeness (QED) is 0.538. The van der Waals surface area contributed by atoms with E-state index in [1.807, 2.05) is 0 Å². The van der Waals surface area contributed by atoms with Crippen molar-refractivity contribution in [1.29, 1.82) is 0 Å². The van der Waals surface area contributed by atoms with Gasteiger partial charge in [-0.15, -0.1) is 0 Å². The van der Waals surface area contributed by atoms with E-state index >= 15 is 0 Å². The van der Waals surface area contributed by atoms with E-state index in [4.69, 9.17) is 0 Å². The number of hydrogen-bond donors (Lipinski definition) is 0. The molecule has 3 heteroatoms. The third-order valence-electron chi connectivity index (χ3n) is 0.522. The third kappa shape index (κ3) is 2.87. The van der Waals surface area contributed by atoms with Crippen LogP contribution in [0.3, 0.4) is 0 Å². The first-order chi connectivity index (χ1) is 3.50. The molecule has 0 nitrogen and oxygen atoms in total. The monoisotopic (exact) mass is 293 g/mol. The predicted molar refractivity (Wildman–Crippen MR) is 37.3 cm³/mol. The van der Waals surface area contributed by atoms with Gasteiger partial charge >= 0.3 is 58.5 Å². The summed E-state index contributed by atoms with van der Waals surface area (Å²) in [5.74, 6) is 0. The fourth-order valence-corrected chi connectivity index (χ4v) is 13.5. The van der Waals surface area contributed by atoms with Crippen LogP contribution in [-0.2, 0) is 0 Å². The van der Waals surface area contributed by atoms with Gasteiger partial charge < -0.3 is 0 Å². The van der Waals surface area contributed by atoms with Gasteiger partial charge in [0, 0.05) is 0 Å². The van der Waals surface area contributed by atoms with Crippen molar-refractivity contribution in [3.05, 3.63) is 12.2 Å². The molecule has 39 valence electrons. The second-order valence-electron chi connectivity index (χ2n) is 1.01. The Morgan fingerprint density at radius 3 is 3.43 bits per heavy atom. The van der Waals surface area contributed by atoms with Gasteiger partial charge in [0.1, 0.15) is 0 Å². The molecule has 0 aromatic rings. The van der Waals surface area contributed by atoms with Crippen molar-refractivity contribution in [3.63, 3.8) is 0 Å². The van der Waals surface area contributed by atoms with Gasteiger partial charge in [0.05, 0.1) is 0 Å². The van der Waals surface area contributed by atoms with Crippen molar-refractivity contribution >= 4 is 41.0 Å². The van der Waals surface area contributed by atoms with Crippen LogP contribution in [0, 0.1) is 0 Å². The molecule has 0 saturated carbocycles. The molecule has 1 heterocycles. The van der Waals surface area contributed by atoms with Crippen LogP contribution in [0.25, 0.3) is 0 Å². The third-order valence-corrected chi connectivity index (χ3v) is 16.6. The Morgan fingerprint density at radius 1 is 1.43 bits per heavy atom. The van der Waals surface area contributed by atoms with Gasteiger partial charge in [-0.2, -0.15) is 0 Å². The predicted octanol–water partition coefficient (Wildman–Crippen LogP) is -0.281. The molecule has 0 N–H and O–H groups in total. The van der Waals surface area contributed by atoms with Crippen molar-refractivity contribution in [2.75, 3.05) is 0 Å². The molecule has 3 radical (unpaired) electrons. The van der Waals surface area contributed by atoms with Gasteiger partial charge in [-0.1, -0.05) is 0 Å². The van der Waals surface area contributed by atoms with Crippen LogP contribution < -0.4 is 0 Å². The Balaban J connectivity index is 2.60. The molecule has 0 saturated heterocycles. The standard InChI is InChI=1S/C4H5Se3/c1-2-4-6-7-5-3-1/h1-3H,4H2. The molecule has 0 aliphatic carbocycles. The Kier molecular flexibility index (Phi) is 3.67. The van der Waals surface area contributed by atoms with E-state index in [0.29, 0.717) is 0 Å². The maximum atomic E-state index is 2.35. The Morgan fingerprint density at radius 2 is 2.43 bits per heavy atom. The van der Waals surface area contributed by atoms with Gasteiger partial charge in [0.25, 0.3) is 0 Å². The Labute approximate surface area is 58.2 Å². The fraction of sp³-hybridized carbons (Fsp3) is 0.250. The molecule has 7 heavy (non-hydrogen) atoms. The molecule has 0 unspecified atom stereocenters. The summed E-state index contributed by atoms with van der Waals surface area (Å²) in [6.07, 6.45) is 4.53. The molecule has 1 aliphatic rings.